The Labute approximate surface area is 425 Å². The molecule has 19 rings (SSSR count). The van der Waals surface area contributed by atoms with Crippen LogP contribution in [0.3, 0.4) is 0 Å². The van der Waals surface area contributed by atoms with E-state index in [-0.39, 0.29) is 11.4 Å². The highest BCUT2D eigenvalue weighted by atomic mass is 32.1. The summed E-state index contributed by atoms with van der Waals surface area (Å²) in [6, 6.07) is 24.3. The van der Waals surface area contributed by atoms with Crippen LogP contribution < -0.4 is 0 Å². The number of benzene rings is 8. The fraction of sp³-hybridized carbons (Fsp3) is 0.279. The van der Waals surface area contributed by atoms with Crippen molar-refractivity contribution < 1.29 is 9.53 Å². The van der Waals surface area contributed by atoms with Crippen LogP contribution in [0.1, 0.15) is 142 Å². The first-order valence-electron chi connectivity index (χ1n) is 27.3. The number of ether oxygens (including phenoxy) is 1. The molecule has 2 atom stereocenters. The lowest BCUT2D eigenvalue weighted by molar-refractivity contribution is 0.0600. The van der Waals surface area contributed by atoms with Crippen molar-refractivity contribution in [3.8, 4) is 9.75 Å². The van der Waals surface area contributed by atoms with E-state index in [9.17, 15) is 4.79 Å². The minimum absolute atomic E-state index is 0.264. The average molecular weight is 963 g/mol. The summed E-state index contributed by atoms with van der Waals surface area (Å²) in [5.74, 6) is -0.264. The molecule has 4 heteroatoms. The molecule has 2 aromatic heterocycles. The van der Waals surface area contributed by atoms with Gasteiger partial charge in [0.2, 0.25) is 0 Å². The smallest absolute Gasteiger partial charge is 0.337 e. The Bertz CT molecular complexity index is 4720. The summed E-state index contributed by atoms with van der Waals surface area (Å²) >= 11 is 4.14. The van der Waals surface area contributed by atoms with Crippen LogP contribution in [0.25, 0.3) is 112 Å². The van der Waals surface area contributed by atoms with Crippen molar-refractivity contribution in [3.63, 3.8) is 0 Å². The predicted octanol–water partition coefficient (Wildman–Crippen LogP) is 18.0. The summed E-state index contributed by atoms with van der Waals surface area (Å²) in [4.78, 5) is 17.9. The van der Waals surface area contributed by atoms with Crippen molar-refractivity contribution in [1.29, 1.82) is 0 Å². The SMILES string of the molecule is CCCCCCc1ccsc1-c1sc(C23C=C4Cc5cc6cc7c8c9c(cc%10cc%11c%12c%13c%10c9c9c%13c%10c(c2c2c4c5c4c6c8c9c4c2%10)C%12(Cc2cccc(C(=O)OC)c2)C(=C3)C%11)C7)cc1CCCCCC. The molecule has 346 valence electrons. The van der Waals surface area contributed by atoms with Gasteiger partial charge in [-0.3, -0.25) is 0 Å². The first-order valence-corrected chi connectivity index (χ1v) is 29.0. The largest absolute Gasteiger partial charge is 0.465 e. The summed E-state index contributed by atoms with van der Waals surface area (Å²) in [7, 11) is 1.51. The predicted molar refractivity (Wildman–Crippen MR) is 304 cm³/mol. The zero-order valence-corrected chi connectivity index (χ0v) is 42.7. The molecule has 2 unspecified atom stereocenters. The third kappa shape index (κ3) is 4.04. The van der Waals surface area contributed by atoms with E-state index in [2.05, 4.69) is 97.3 Å². The molecule has 0 saturated carbocycles. The number of rotatable bonds is 15. The van der Waals surface area contributed by atoms with Crippen molar-refractivity contribution >= 4 is 131 Å². The summed E-state index contributed by atoms with van der Waals surface area (Å²) in [6.07, 6.45) is 22.0. The normalized spacial score (nSPS) is 19.8. The molecule has 13 aromatic rings. The summed E-state index contributed by atoms with van der Waals surface area (Å²) in [5, 5.41) is 30.3. The molecule has 0 spiro atoms. The van der Waals surface area contributed by atoms with Gasteiger partial charge in [-0.1, -0.05) is 106 Å². The zero-order chi connectivity index (χ0) is 47.0. The Hall–Kier alpha value is -6.33. The van der Waals surface area contributed by atoms with E-state index < -0.39 is 5.41 Å². The van der Waals surface area contributed by atoms with Gasteiger partial charge in [0.15, 0.2) is 0 Å². The lowest BCUT2D eigenvalue weighted by Crippen LogP contribution is -2.41. The van der Waals surface area contributed by atoms with E-state index in [0.717, 1.165) is 38.5 Å². The van der Waals surface area contributed by atoms with E-state index in [1.807, 2.05) is 17.4 Å². The quantitative estimate of drug-likeness (QED) is 0.0443. The van der Waals surface area contributed by atoms with Crippen LogP contribution in [-0.2, 0) is 54.1 Å². The second-order valence-corrected chi connectivity index (χ2v) is 25.4. The second kappa shape index (κ2) is 12.7. The number of carbonyl (C=O) groups is 1. The Morgan fingerprint density at radius 2 is 1.22 bits per heavy atom. The van der Waals surface area contributed by atoms with Crippen molar-refractivity contribution in [1.82, 2.24) is 0 Å². The monoisotopic (exact) mass is 962 g/mol. The maximum absolute atomic E-state index is 13.4. The number of unbranched alkanes of at least 4 members (excludes halogenated alkanes) is 6. The van der Waals surface area contributed by atoms with Crippen LogP contribution in [0, 0.1) is 0 Å². The van der Waals surface area contributed by atoms with Gasteiger partial charge in [-0.25, -0.2) is 4.79 Å². The highest BCUT2D eigenvalue weighted by Gasteiger charge is 2.60. The molecule has 0 radical (unpaired) electrons. The maximum atomic E-state index is 13.4. The Balaban J connectivity index is 0.993. The van der Waals surface area contributed by atoms with Crippen molar-refractivity contribution in [3.05, 3.63) is 155 Å². The number of thiophene rings is 2. The Morgan fingerprint density at radius 1 is 0.569 bits per heavy atom. The maximum Gasteiger partial charge on any atom is 0.337 e. The van der Waals surface area contributed by atoms with Crippen LogP contribution in [-0.4, -0.2) is 13.1 Å². The van der Waals surface area contributed by atoms with E-state index in [1.165, 1.54) is 122 Å². The van der Waals surface area contributed by atoms with Gasteiger partial charge < -0.3 is 4.74 Å². The van der Waals surface area contributed by atoms with Gasteiger partial charge in [0, 0.05) is 20.0 Å². The van der Waals surface area contributed by atoms with E-state index in [4.69, 9.17) is 4.74 Å². The molecule has 0 fully saturated rings. The Kier molecular flexibility index (Phi) is 6.92. The standard InChI is InChI=1S/C68H50O2S2/c1-4-6-8-10-14-32-17-18-71-64(32)65-33(15-11-9-7-5-2)27-43(72-65)67-29-41-25-39-23-37-21-35-20-36-22-38-24-40-26-42(30-67)68(28-31-13-12-16-34(19-31)66(69)70-3)61(40)58-48(38)52-45(36)44(35)50-47(37)51-46(39)49(41)59-57-54(51)53(50)55(52)56(58)60(57)63(68)62(59)67/h12-13,16-19,21-24,27,29-30H,4-11,14-15,20,25-26,28H2,1-3H3. The van der Waals surface area contributed by atoms with Crippen LogP contribution in [0.5, 0.6) is 0 Å². The molecule has 0 N–H and O–H groups in total. The van der Waals surface area contributed by atoms with Gasteiger partial charge in [0.05, 0.1) is 18.1 Å². The van der Waals surface area contributed by atoms with Gasteiger partial charge in [0.1, 0.15) is 0 Å². The van der Waals surface area contributed by atoms with Crippen LogP contribution in [0.2, 0.25) is 0 Å². The molecule has 2 heterocycles. The zero-order valence-electron chi connectivity index (χ0n) is 41.0. The first-order chi connectivity index (χ1) is 35.5. The molecular weight excluding hydrogens is 913 g/mol. The van der Waals surface area contributed by atoms with Crippen molar-refractivity contribution in [2.45, 2.75) is 115 Å². The number of carbonyl (C=O) groups excluding carboxylic acids is 1. The van der Waals surface area contributed by atoms with E-state index >= 15 is 0 Å². The lowest BCUT2D eigenvalue weighted by atomic mass is 9.56. The minimum atomic E-state index is -0.421. The summed E-state index contributed by atoms with van der Waals surface area (Å²) < 4.78 is 5.39. The second-order valence-electron chi connectivity index (χ2n) is 23.5. The number of hydrogen-bond donors (Lipinski definition) is 0. The Morgan fingerprint density at radius 3 is 1.97 bits per heavy atom. The molecule has 0 aliphatic heterocycles. The fourth-order valence-electron chi connectivity index (χ4n) is 17.8. The van der Waals surface area contributed by atoms with Gasteiger partial charge in [-0.15, -0.1) is 22.7 Å². The van der Waals surface area contributed by atoms with E-state index in [1.54, 1.807) is 120 Å². The minimum Gasteiger partial charge on any atom is -0.465 e. The van der Waals surface area contributed by atoms with Crippen molar-refractivity contribution in [2.75, 3.05) is 7.11 Å². The van der Waals surface area contributed by atoms with Crippen LogP contribution >= 0.6 is 22.7 Å². The summed E-state index contributed by atoms with van der Waals surface area (Å²) in [5.41, 5.74) is 19.7. The molecule has 2 nitrogen and oxygen atoms in total. The molecule has 72 heavy (non-hydrogen) atoms. The van der Waals surface area contributed by atoms with Gasteiger partial charge in [0.25, 0.3) is 0 Å². The fourth-order valence-corrected chi connectivity index (χ4v) is 20.3. The van der Waals surface area contributed by atoms with Gasteiger partial charge >= 0.3 is 5.97 Å². The topological polar surface area (TPSA) is 26.3 Å². The number of hydrogen-bond acceptors (Lipinski definition) is 4. The van der Waals surface area contributed by atoms with Gasteiger partial charge in [-0.05, 0) is 245 Å². The van der Waals surface area contributed by atoms with Crippen LogP contribution in [0.15, 0.2) is 83.8 Å². The average Bonchev–Trinajstić information content (AvgIpc) is 4.30. The third-order valence-electron chi connectivity index (χ3n) is 20.1. The van der Waals surface area contributed by atoms with Gasteiger partial charge in [-0.2, -0.15) is 0 Å². The number of methoxy groups -OCH3 is 1. The van der Waals surface area contributed by atoms with Crippen molar-refractivity contribution in [2.24, 2.45) is 0 Å². The molecular formula is C68H50O2S2. The number of allylic oxidation sites excluding steroid dienone is 4. The number of esters is 1. The van der Waals surface area contributed by atoms with Crippen LogP contribution in [0.4, 0.5) is 0 Å². The van der Waals surface area contributed by atoms with E-state index in [0.29, 0.717) is 5.56 Å². The molecule has 0 amide bonds. The molecule has 6 aliphatic rings. The molecule has 11 aromatic carbocycles. The highest BCUT2D eigenvalue weighted by Crippen LogP contribution is 2.74. The third-order valence-corrected chi connectivity index (χ3v) is 22.5. The lowest BCUT2D eigenvalue weighted by Gasteiger charge is -2.46. The molecule has 0 bridgehead atoms. The first kappa shape index (κ1) is 39.2. The molecule has 6 aliphatic carbocycles. The molecule has 0 saturated heterocycles. The highest BCUT2D eigenvalue weighted by molar-refractivity contribution is 7.21. The summed E-state index contributed by atoms with van der Waals surface area (Å²) in [6.45, 7) is 4.67. The number of aryl methyl sites for hydroxylation is 2.